The van der Waals surface area contributed by atoms with Crippen LogP contribution in [0.2, 0.25) is 0 Å². The topological polar surface area (TPSA) is 109 Å². The lowest BCUT2D eigenvalue weighted by atomic mass is 10.1. The summed E-state index contributed by atoms with van der Waals surface area (Å²) in [6, 6.07) is 21.5. The summed E-state index contributed by atoms with van der Waals surface area (Å²) in [7, 11) is 0. The van der Waals surface area contributed by atoms with E-state index in [1.54, 1.807) is 12.1 Å². The standard InChI is InChI=1S/C28H26N4O3S/c1-17-7-8-21(19-9-10-19)15-23(17)32(27(29)35)28-31-24(20-11-13-22(33)14-12-20)25(36-28)26(34)30-16-18-5-3-2-4-6-18/h2-8,11-15,19,33H,9-10,16H2,1H3,(H2,29,35)(H,30,34). The molecule has 3 aromatic carbocycles. The van der Waals surface area contributed by atoms with Crippen LogP contribution in [0.15, 0.2) is 72.8 Å². The second-order valence-electron chi connectivity index (χ2n) is 8.88. The van der Waals surface area contributed by atoms with Crippen molar-refractivity contribution in [1.29, 1.82) is 0 Å². The van der Waals surface area contributed by atoms with E-state index in [0.717, 1.165) is 40.9 Å². The summed E-state index contributed by atoms with van der Waals surface area (Å²) in [5.74, 6) is 0.302. The Labute approximate surface area is 213 Å². The number of urea groups is 1. The zero-order valence-electron chi connectivity index (χ0n) is 19.8. The number of hydrogen-bond acceptors (Lipinski definition) is 5. The average molecular weight is 499 g/mol. The number of carbonyl (C=O) groups is 2. The molecule has 36 heavy (non-hydrogen) atoms. The first-order valence-corrected chi connectivity index (χ1v) is 12.5. The maximum atomic E-state index is 13.3. The van der Waals surface area contributed by atoms with Crippen LogP contribution in [-0.2, 0) is 6.54 Å². The molecule has 3 amide bonds. The summed E-state index contributed by atoms with van der Waals surface area (Å²) in [5, 5.41) is 13.0. The lowest BCUT2D eigenvalue weighted by molar-refractivity contribution is 0.0955. The van der Waals surface area contributed by atoms with E-state index in [1.165, 1.54) is 17.0 Å². The van der Waals surface area contributed by atoms with Gasteiger partial charge in [0.25, 0.3) is 5.91 Å². The Balaban J connectivity index is 1.55. The molecule has 1 aromatic heterocycles. The number of nitrogens with two attached hydrogens (primary N) is 1. The van der Waals surface area contributed by atoms with E-state index >= 15 is 0 Å². The van der Waals surface area contributed by atoms with Gasteiger partial charge in [0, 0.05) is 12.1 Å². The van der Waals surface area contributed by atoms with Gasteiger partial charge in [-0.2, -0.15) is 0 Å². The molecule has 1 heterocycles. The van der Waals surface area contributed by atoms with Crippen molar-refractivity contribution in [2.75, 3.05) is 4.90 Å². The molecule has 4 N–H and O–H groups in total. The van der Waals surface area contributed by atoms with Gasteiger partial charge in [-0.3, -0.25) is 4.79 Å². The smallest absolute Gasteiger partial charge is 0.325 e. The van der Waals surface area contributed by atoms with Crippen molar-refractivity contribution in [3.05, 3.63) is 94.4 Å². The van der Waals surface area contributed by atoms with Crippen LogP contribution in [0.25, 0.3) is 11.3 Å². The molecule has 0 radical (unpaired) electrons. The zero-order chi connectivity index (χ0) is 25.2. The summed E-state index contributed by atoms with van der Waals surface area (Å²) in [6.45, 7) is 2.27. The van der Waals surface area contributed by atoms with Crippen molar-refractivity contribution in [1.82, 2.24) is 10.3 Å². The number of rotatable bonds is 7. The monoisotopic (exact) mass is 498 g/mol. The number of hydrogen-bond donors (Lipinski definition) is 3. The normalized spacial score (nSPS) is 12.8. The first-order chi connectivity index (χ1) is 17.4. The third-order valence-electron chi connectivity index (χ3n) is 6.19. The Morgan fingerprint density at radius 3 is 2.47 bits per heavy atom. The summed E-state index contributed by atoms with van der Waals surface area (Å²) >= 11 is 1.11. The molecule has 1 saturated carbocycles. The molecular formula is C28H26N4O3S. The molecule has 5 rings (SSSR count). The summed E-state index contributed by atoms with van der Waals surface area (Å²) in [5.41, 5.74) is 10.6. The molecular weight excluding hydrogens is 472 g/mol. The number of primary amides is 1. The number of anilines is 2. The highest BCUT2D eigenvalue weighted by atomic mass is 32.1. The van der Waals surface area contributed by atoms with Crippen molar-refractivity contribution in [3.8, 4) is 17.0 Å². The minimum Gasteiger partial charge on any atom is -0.508 e. The molecule has 8 heteroatoms. The fourth-order valence-electron chi connectivity index (χ4n) is 4.09. The van der Waals surface area contributed by atoms with Gasteiger partial charge in [-0.25, -0.2) is 14.7 Å². The molecule has 1 aliphatic rings. The number of aryl methyl sites for hydroxylation is 1. The predicted molar refractivity (Wildman–Crippen MR) is 142 cm³/mol. The lowest BCUT2D eigenvalue weighted by Crippen LogP contribution is -2.32. The van der Waals surface area contributed by atoms with E-state index in [0.29, 0.717) is 39.4 Å². The Hall–Kier alpha value is -4.17. The number of amides is 3. The van der Waals surface area contributed by atoms with Crippen LogP contribution in [-0.4, -0.2) is 22.0 Å². The SMILES string of the molecule is Cc1ccc(C2CC2)cc1N(C(N)=O)c1nc(-c2ccc(O)cc2)c(C(=O)NCc2ccccc2)s1. The second kappa shape index (κ2) is 9.83. The van der Waals surface area contributed by atoms with Crippen LogP contribution in [0.4, 0.5) is 15.6 Å². The number of thiazole rings is 1. The molecule has 0 unspecified atom stereocenters. The molecule has 1 aliphatic carbocycles. The summed E-state index contributed by atoms with van der Waals surface area (Å²) in [4.78, 5) is 32.5. The number of phenols is 1. The van der Waals surface area contributed by atoms with Crippen molar-refractivity contribution in [2.45, 2.75) is 32.2 Å². The maximum absolute atomic E-state index is 13.3. The van der Waals surface area contributed by atoms with Crippen molar-refractivity contribution < 1.29 is 14.7 Å². The number of benzene rings is 3. The summed E-state index contributed by atoms with van der Waals surface area (Å²) < 4.78 is 0. The Morgan fingerprint density at radius 1 is 1.08 bits per heavy atom. The molecule has 0 aliphatic heterocycles. The number of phenolic OH excluding ortho intramolecular Hbond substituents is 1. The van der Waals surface area contributed by atoms with E-state index < -0.39 is 6.03 Å². The Morgan fingerprint density at radius 2 is 1.81 bits per heavy atom. The third kappa shape index (κ3) is 4.94. The third-order valence-corrected chi connectivity index (χ3v) is 7.23. The van der Waals surface area contributed by atoms with Gasteiger partial charge in [-0.1, -0.05) is 53.8 Å². The quantitative estimate of drug-likeness (QED) is 0.297. The van der Waals surface area contributed by atoms with Crippen LogP contribution in [0.5, 0.6) is 5.75 Å². The Bertz CT molecular complexity index is 1410. The van der Waals surface area contributed by atoms with Gasteiger partial charge in [0.15, 0.2) is 5.13 Å². The second-order valence-corrected chi connectivity index (χ2v) is 9.86. The van der Waals surface area contributed by atoms with Crippen LogP contribution in [0, 0.1) is 6.92 Å². The van der Waals surface area contributed by atoms with Crippen LogP contribution in [0.1, 0.15) is 45.1 Å². The maximum Gasteiger partial charge on any atom is 0.325 e. The van der Waals surface area contributed by atoms with Crippen LogP contribution in [0.3, 0.4) is 0 Å². The number of nitrogens with one attached hydrogen (secondary N) is 1. The van der Waals surface area contributed by atoms with E-state index in [-0.39, 0.29) is 11.7 Å². The zero-order valence-corrected chi connectivity index (χ0v) is 20.6. The fraction of sp³-hybridized carbons (Fsp3) is 0.179. The van der Waals surface area contributed by atoms with Gasteiger partial charge in [0.05, 0.1) is 11.4 Å². The predicted octanol–water partition coefficient (Wildman–Crippen LogP) is 5.85. The van der Waals surface area contributed by atoms with Gasteiger partial charge in [-0.15, -0.1) is 0 Å². The number of carbonyl (C=O) groups excluding carboxylic acids is 2. The minimum absolute atomic E-state index is 0.107. The number of aromatic hydroxyl groups is 1. The van der Waals surface area contributed by atoms with Gasteiger partial charge < -0.3 is 16.2 Å². The van der Waals surface area contributed by atoms with Crippen molar-refractivity contribution in [2.24, 2.45) is 5.73 Å². The highest BCUT2D eigenvalue weighted by Crippen LogP contribution is 2.43. The van der Waals surface area contributed by atoms with Crippen LogP contribution >= 0.6 is 11.3 Å². The first kappa shape index (κ1) is 23.6. The molecule has 4 aromatic rings. The molecule has 0 bridgehead atoms. The largest absolute Gasteiger partial charge is 0.508 e. The molecule has 0 atom stereocenters. The Kier molecular flexibility index (Phi) is 6.43. The van der Waals surface area contributed by atoms with Gasteiger partial charge >= 0.3 is 6.03 Å². The van der Waals surface area contributed by atoms with E-state index in [1.807, 2.05) is 49.4 Å². The number of aromatic nitrogens is 1. The van der Waals surface area contributed by atoms with E-state index in [2.05, 4.69) is 11.4 Å². The molecule has 0 spiro atoms. The van der Waals surface area contributed by atoms with Gasteiger partial charge in [0.1, 0.15) is 10.6 Å². The van der Waals surface area contributed by atoms with Crippen LogP contribution < -0.4 is 16.0 Å². The van der Waals surface area contributed by atoms with Gasteiger partial charge in [-0.05, 0) is 72.7 Å². The highest BCUT2D eigenvalue weighted by molar-refractivity contribution is 7.18. The minimum atomic E-state index is -0.673. The molecule has 1 fully saturated rings. The highest BCUT2D eigenvalue weighted by Gasteiger charge is 2.29. The molecule has 7 nitrogen and oxygen atoms in total. The fourth-order valence-corrected chi connectivity index (χ4v) is 5.11. The lowest BCUT2D eigenvalue weighted by Gasteiger charge is -2.20. The van der Waals surface area contributed by atoms with Crippen molar-refractivity contribution >= 4 is 34.1 Å². The summed E-state index contributed by atoms with van der Waals surface area (Å²) in [6.07, 6.45) is 2.26. The van der Waals surface area contributed by atoms with Gasteiger partial charge in [0.2, 0.25) is 0 Å². The van der Waals surface area contributed by atoms with E-state index in [4.69, 9.17) is 10.7 Å². The van der Waals surface area contributed by atoms with Crippen molar-refractivity contribution in [3.63, 3.8) is 0 Å². The number of nitrogens with zero attached hydrogens (tertiary/aromatic N) is 2. The average Bonchev–Trinajstić information content (AvgIpc) is 3.64. The molecule has 182 valence electrons. The molecule has 0 saturated heterocycles. The first-order valence-electron chi connectivity index (χ1n) is 11.7. The van der Waals surface area contributed by atoms with E-state index in [9.17, 15) is 14.7 Å².